The normalized spacial score (nSPS) is 13.1. The molecule has 0 radical (unpaired) electrons. The van der Waals surface area contributed by atoms with Crippen LogP contribution in [-0.4, -0.2) is 0 Å². The number of furan rings is 1. The highest BCUT2D eigenvalue weighted by atomic mass is 16.3. The van der Waals surface area contributed by atoms with E-state index in [1.165, 1.54) is 87.8 Å². The second kappa shape index (κ2) is 9.43. The molecule has 1 heteroatoms. The zero-order chi connectivity index (χ0) is 29.5. The van der Waals surface area contributed by atoms with E-state index in [1.807, 2.05) is 0 Å². The standard InChI is InChI=1S/C43H32O/c1-25-23-26(2)40(27(3)24-25)36-21-17-31-16-20-35-32(19-15-30-18-22-37(36)42(31)41(30)35)28-11-13-29(14-12-28)33-8-6-9-38-34-7-4-5-10-39(34)44-43(33)38/h5-6,8-24H,4,7H2,1-3H3. The van der Waals surface area contributed by atoms with Crippen LogP contribution in [0.15, 0.2) is 114 Å². The van der Waals surface area contributed by atoms with Crippen LogP contribution in [-0.2, 0) is 6.42 Å². The number of hydrogen-bond acceptors (Lipinski definition) is 1. The lowest BCUT2D eigenvalue weighted by Crippen LogP contribution is -1.93. The van der Waals surface area contributed by atoms with E-state index < -0.39 is 0 Å². The Morgan fingerprint density at radius 3 is 1.89 bits per heavy atom. The fraction of sp³-hybridized carbons (Fsp3) is 0.116. The summed E-state index contributed by atoms with van der Waals surface area (Å²) in [6.07, 6.45) is 6.46. The number of fused-ring (bicyclic) bond motifs is 3. The van der Waals surface area contributed by atoms with Gasteiger partial charge in [-0.1, -0.05) is 115 Å². The molecule has 0 bridgehead atoms. The minimum atomic E-state index is 0.995. The molecular formula is C43H32O. The summed E-state index contributed by atoms with van der Waals surface area (Å²) >= 11 is 0. The lowest BCUT2D eigenvalue weighted by molar-refractivity contribution is 0.596. The molecule has 9 rings (SSSR count). The zero-order valence-corrected chi connectivity index (χ0v) is 25.3. The third-order valence-electron chi connectivity index (χ3n) is 9.80. The smallest absolute Gasteiger partial charge is 0.142 e. The second-order valence-electron chi connectivity index (χ2n) is 12.6. The molecule has 1 heterocycles. The third kappa shape index (κ3) is 3.66. The lowest BCUT2D eigenvalue weighted by atomic mass is 9.85. The van der Waals surface area contributed by atoms with Crippen molar-refractivity contribution in [2.45, 2.75) is 33.6 Å². The predicted molar refractivity (Wildman–Crippen MR) is 188 cm³/mol. The van der Waals surface area contributed by atoms with Crippen LogP contribution in [0.2, 0.25) is 0 Å². The highest BCUT2D eigenvalue weighted by Gasteiger charge is 2.19. The molecule has 44 heavy (non-hydrogen) atoms. The van der Waals surface area contributed by atoms with E-state index in [-0.39, 0.29) is 0 Å². The first-order valence-corrected chi connectivity index (χ1v) is 15.7. The molecular weight excluding hydrogens is 532 g/mol. The topological polar surface area (TPSA) is 13.1 Å². The first-order valence-electron chi connectivity index (χ1n) is 15.7. The van der Waals surface area contributed by atoms with Crippen LogP contribution >= 0.6 is 0 Å². The van der Waals surface area contributed by atoms with Crippen LogP contribution < -0.4 is 0 Å². The van der Waals surface area contributed by atoms with Gasteiger partial charge in [0, 0.05) is 16.5 Å². The number of allylic oxidation sites excluding steroid dienone is 1. The van der Waals surface area contributed by atoms with Gasteiger partial charge in [-0.05, 0) is 111 Å². The Morgan fingerprint density at radius 1 is 0.568 bits per heavy atom. The van der Waals surface area contributed by atoms with Crippen LogP contribution in [0.3, 0.4) is 0 Å². The number of para-hydroxylation sites is 1. The van der Waals surface area contributed by atoms with Crippen molar-refractivity contribution in [3.05, 3.63) is 137 Å². The van der Waals surface area contributed by atoms with Crippen molar-refractivity contribution in [3.63, 3.8) is 0 Å². The van der Waals surface area contributed by atoms with Crippen LogP contribution in [0.4, 0.5) is 0 Å². The van der Waals surface area contributed by atoms with Gasteiger partial charge in [0.25, 0.3) is 0 Å². The van der Waals surface area contributed by atoms with Crippen LogP contribution in [0.25, 0.3) is 82.7 Å². The van der Waals surface area contributed by atoms with Gasteiger partial charge < -0.3 is 4.42 Å². The van der Waals surface area contributed by atoms with E-state index in [0.29, 0.717) is 0 Å². The highest BCUT2D eigenvalue weighted by molar-refractivity contribution is 6.27. The SMILES string of the molecule is Cc1cc(C)c(-c2ccc3ccc4c(-c5ccc(-c6cccc7c8c(oc67)C=CCC8)cc5)ccc5ccc2c3c54)c(C)c1. The Balaban J connectivity index is 1.20. The van der Waals surface area contributed by atoms with Crippen molar-refractivity contribution >= 4 is 49.4 Å². The van der Waals surface area contributed by atoms with Gasteiger partial charge in [0.05, 0.1) is 0 Å². The minimum Gasteiger partial charge on any atom is -0.456 e. The Hall–Kier alpha value is -5.14. The Bertz CT molecular complexity index is 2430. The monoisotopic (exact) mass is 564 g/mol. The Morgan fingerprint density at radius 2 is 1.18 bits per heavy atom. The van der Waals surface area contributed by atoms with Crippen LogP contribution in [0.5, 0.6) is 0 Å². The summed E-state index contributed by atoms with van der Waals surface area (Å²) in [5.41, 5.74) is 13.8. The Kier molecular flexibility index (Phi) is 5.44. The van der Waals surface area contributed by atoms with Crippen molar-refractivity contribution in [3.8, 4) is 33.4 Å². The van der Waals surface area contributed by atoms with E-state index >= 15 is 0 Å². The van der Waals surface area contributed by atoms with E-state index in [2.05, 4.69) is 136 Å². The molecule has 0 spiro atoms. The molecule has 0 saturated carbocycles. The molecule has 1 aliphatic rings. The van der Waals surface area contributed by atoms with E-state index in [4.69, 9.17) is 4.42 Å². The molecule has 0 aliphatic heterocycles. The van der Waals surface area contributed by atoms with Gasteiger partial charge in [0.2, 0.25) is 0 Å². The van der Waals surface area contributed by atoms with Gasteiger partial charge in [0.15, 0.2) is 0 Å². The van der Waals surface area contributed by atoms with Gasteiger partial charge in [-0.3, -0.25) is 0 Å². The molecule has 8 aromatic rings. The minimum absolute atomic E-state index is 0.995. The van der Waals surface area contributed by atoms with E-state index in [1.54, 1.807) is 0 Å². The number of rotatable bonds is 3. The summed E-state index contributed by atoms with van der Waals surface area (Å²) in [5, 5.41) is 9.16. The van der Waals surface area contributed by atoms with Gasteiger partial charge in [-0.15, -0.1) is 0 Å². The molecule has 0 fully saturated rings. The van der Waals surface area contributed by atoms with Crippen molar-refractivity contribution in [1.29, 1.82) is 0 Å². The maximum atomic E-state index is 6.39. The molecule has 7 aromatic carbocycles. The average Bonchev–Trinajstić information content (AvgIpc) is 3.43. The maximum Gasteiger partial charge on any atom is 0.142 e. The molecule has 0 unspecified atom stereocenters. The predicted octanol–water partition coefficient (Wildman–Crippen LogP) is 12.2. The molecule has 0 amide bonds. The van der Waals surface area contributed by atoms with Crippen molar-refractivity contribution in [2.24, 2.45) is 0 Å². The maximum absolute atomic E-state index is 6.39. The molecule has 0 N–H and O–H groups in total. The highest BCUT2D eigenvalue weighted by Crippen LogP contribution is 2.44. The molecule has 1 aromatic heterocycles. The summed E-state index contributed by atoms with van der Waals surface area (Å²) in [6.45, 7) is 6.67. The quantitative estimate of drug-likeness (QED) is 0.195. The number of benzene rings is 7. The van der Waals surface area contributed by atoms with Gasteiger partial charge in [-0.25, -0.2) is 0 Å². The van der Waals surface area contributed by atoms with Gasteiger partial charge in [0.1, 0.15) is 11.3 Å². The van der Waals surface area contributed by atoms with Crippen molar-refractivity contribution in [1.82, 2.24) is 0 Å². The zero-order valence-electron chi connectivity index (χ0n) is 25.3. The average molecular weight is 565 g/mol. The summed E-state index contributed by atoms with van der Waals surface area (Å²) in [5.74, 6) is 1.01. The first kappa shape index (κ1) is 25.4. The first-order chi connectivity index (χ1) is 21.5. The fourth-order valence-corrected chi connectivity index (χ4v) is 7.93. The molecule has 1 nitrogen and oxygen atoms in total. The summed E-state index contributed by atoms with van der Waals surface area (Å²) in [4.78, 5) is 0. The summed E-state index contributed by atoms with van der Waals surface area (Å²) in [6, 6.07) is 38.7. The van der Waals surface area contributed by atoms with E-state index in [0.717, 1.165) is 29.7 Å². The van der Waals surface area contributed by atoms with Gasteiger partial charge in [-0.2, -0.15) is 0 Å². The molecule has 0 atom stereocenters. The molecule has 0 saturated heterocycles. The number of hydrogen-bond donors (Lipinski definition) is 0. The fourth-order valence-electron chi connectivity index (χ4n) is 7.93. The molecule has 1 aliphatic carbocycles. The van der Waals surface area contributed by atoms with E-state index in [9.17, 15) is 0 Å². The summed E-state index contributed by atoms with van der Waals surface area (Å²) < 4.78 is 6.39. The third-order valence-corrected chi connectivity index (χ3v) is 9.80. The Labute approximate surface area is 257 Å². The van der Waals surface area contributed by atoms with Crippen LogP contribution in [0, 0.1) is 20.8 Å². The molecule has 210 valence electrons. The second-order valence-corrected chi connectivity index (χ2v) is 12.6. The summed E-state index contributed by atoms with van der Waals surface area (Å²) in [7, 11) is 0. The largest absolute Gasteiger partial charge is 0.456 e. The van der Waals surface area contributed by atoms with Gasteiger partial charge >= 0.3 is 0 Å². The van der Waals surface area contributed by atoms with Crippen molar-refractivity contribution in [2.75, 3.05) is 0 Å². The van der Waals surface area contributed by atoms with Crippen molar-refractivity contribution < 1.29 is 4.42 Å². The van der Waals surface area contributed by atoms with Crippen LogP contribution in [0.1, 0.15) is 34.4 Å². The lowest BCUT2D eigenvalue weighted by Gasteiger charge is -2.18. The number of aryl methyl sites for hydroxylation is 4.